The Bertz CT molecular complexity index is 828. The van der Waals surface area contributed by atoms with Crippen LogP contribution in [0.5, 0.6) is 0 Å². The van der Waals surface area contributed by atoms with E-state index in [-0.39, 0.29) is 0 Å². The summed E-state index contributed by atoms with van der Waals surface area (Å²) in [6.45, 7) is 2.89. The van der Waals surface area contributed by atoms with Gasteiger partial charge in [0.05, 0.1) is 38.2 Å². The molecule has 1 fully saturated rings. The van der Waals surface area contributed by atoms with E-state index in [9.17, 15) is 13.6 Å². The van der Waals surface area contributed by atoms with Crippen molar-refractivity contribution < 1.29 is 23.1 Å². The Morgan fingerprint density at radius 3 is 2.61 bits per heavy atom. The number of rotatable bonds is 8. The fraction of sp³-hybridized carbons (Fsp3) is 0.316. The van der Waals surface area contributed by atoms with Crippen LogP contribution in [0, 0.1) is 0 Å². The first-order valence-electron chi connectivity index (χ1n) is 8.81. The zero-order valence-corrected chi connectivity index (χ0v) is 16.4. The second-order valence-corrected chi connectivity index (χ2v) is 6.90. The molecule has 0 bridgehead atoms. The van der Waals surface area contributed by atoms with Crippen LogP contribution < -0.4 is 14.7 Å². The number of hydrogen-bond acceptors (Lipinski definition) is 6. The van der Waals surface area contributed by atoms with Crippen molar-refractivity contribution in [2.24, 2.45) is 0 Å². The molecule has 1 unspecified atom stereocenters. The van der Waals surface area contributed by atoms with E-state index < -0.39 is 11.3 Å². The first kappa shape index (κ1) is 20.3. The lowest BCUT2D eigenvalue weighted by molar-refractivity contribution is 0.111. The molecule has 0 saturated carbocycles. The fourth-order valence-corrected chi connectivity index (χ4v) is 3.50. The molecule has 1 saturated heterocycles. The molecule has 1 heterocycles. The van der Waals surface area contributed by atoms with Gasteiger partial charge >= 0.3 is 0 Å². The summed E-state index contributed by atoms with van der Waals surface area (Å²) in [7, 11) is 1.53. The van der Waals surface area contributed by atoms with Gasteiger partial charge in [-0.05, 0) is 17.7 Å². The third-order valence-corrected chi connectivity index (χ3v) is 4.87. The maximum absolute atomic E-state index is 11.7. The van der Waals surface area contributed by atoms with E-state index in [1.165, 1.54) is 7.11 Å². The Hall–Kier alpha value is -2.46. The van der Waals surface area contributed by atoms with E-state index in [0.717, 1.165) is 17.5 Å². The van der Waals surface area contributed by atoms with Gasteiger partial charge in [-0.1, -0.05) is 30.3 Å². The average Bonchev–Trinajstić information content (AvgIpc) is 2.73. The van der Waals surface area contributed by atoms with Crippen LogP contribution >= 0.6 is 0 Å². The number of anilines is 3. The van der Waals surface area contributed by atoms with E-state index in [4.69, 9.17) is 9.57 Å². The molecule has 1 aliphatic heterocycles. The van der Waals surface area contributed by atoms with Crippen molar-refractivity contribution in [3.63, 3.8) is 0 Å². The van der Waals surface area contributed by atoms with Gasteiger partial charge in [-0.3, -0.25) is 18.9 Å². The van der Waals surface area contributed by atoms with Gasteiger partial charge in [0.25, 0.3) is 11.3 Å². The Morgan fingerprint density at radius 2 is 2.00 bits per heavy atom. The third kappa shape index (κ3) is 4.87. The first-order chi connectivity index (χ1) is 13.6. The molecule has 0 aromatic heterocycles. The highest BCUT2D eigenvalue weighted by atomic mass is 32.2. The minimum Gasteiger partial charge on any atom is -0.378 e. The summed E-state index contributed by atoms with van der Waals surface area (Å²) >= 11 is -2.30. The van der Waals surface area contributed by atoms with Gasteiger partial charge < -0.3 is 9.64 Å². The van der Waals surface area contributed by atoms with Crippen molar-refractivity contribution in [3.8, 4) is 0 Å². The van der Waals surface area contributed by atoms with Crippen LogP contribution in [0.2, 0.25) is 0 Å². The standard InChI is InChI=1S/C19H23N3O5S/c1-26-22(13-15-5-3-2-4-6-15)19-12-18(21-7-9-27-10-8-21)16(14-23)11-17(19)20-28(24)25/h2-6,11-12,14,20H,7-10,13H2,1H3,(H,24,25). The maximum atomic E-state index is 11.7. The SMILES string of the molecule is CON(Cc1ccccc1)c1cc(N2CCOCC2)c(C=O)cc1NS(=O)O. The van der Waals surface area contributed by atoms with Crippen LogP contribution in [0.4, 0.5) is 17.1 Å². The molecule has 3 rings (SSSR count). The summed E-state index contributed by atoms with van der Waals surface area (Å²) in [4.78, 5) is 19.3. The number of nitrogens with one attached hydrogen (secondary N) is 1. The quantitative estimate of drug-likeness (QED) is 0.396. The van der Waals surface area contributed by atoms with Crippen LogP contribution in [0.1, 0.15) is 15.9 Å². The van der Waals surface area contributed by atoms with Crippen LogP contribution in [-0.2, 0) is 27.4 Å². The van der Waals surface area contributed by atoms with E-state index >= 15 is 0 Å². The molecule has 2 aromatic carbocycles. The molecule has 9 heteroatoms. The number of hydrogen-bond donors (Lipinski definition) is 2. The molecule has 150 valence electrons. The summed E-state index contributed by atoms with van der Waals surface area (Å²) in [5.74, 6) is 0. The number of ether oxygens (including phenoxy) is 1. The van der Waals surface area contributed by atoms with Gasteiger partial charge in [-0.15, -0.1) is 0 Å². The predicted octanol–water partition coefficient (Wildman–Crippen LogP) is 2.45. The maximum Gasteiger partial charge on any atom is 0.259 e. The average molecular weight is 405 g/mol. The summed E-state index contributed by atoms with van der Waals surface area (Å²) < 4.78 is 28.6. The van der Waals surface area contributed by atoms with Crippen molar-refractivity contribution in [2.45, 2.75) is 6.54 Å². The minimum atomic E-state index is -2.30. The Morgan fingerprint density at radius 1 is 1.29 bits per heavy atom. The molecular formula is C19H23N3O5S. The number of carbonyl (C=O) groups is 1. The van der Waals surface area contributed by atoms with Crippen molar-refractivity contribution in [1.29, 1.82) is 0 Å². The number of aldehydes is 1. The summed E-state index contributed by atoms with van der Waals surface area (Å²) in [5.41, 5.74) is 3.05. The van der Waals surface area contributed by atoms with Crippen LogP contribution in [0.15, 0.2) is 42.5 Å². The topological polar surface area (TPSA) is 91.3 Å². The third-order valence-electron chi connectivity index (χ3n) is 4.48. The largest absolute Gasteiger partial charge is 0.378 e. The number of morpholine rings is 1. The normalized spacial score (nSPS) is 15.1. The number of carbonyl (C=O) groups excluding carboxylic acids is 1. The molecule has 1 aliphatic rings. The molecule has 2 N–H and O–H groups in total. The molecule has 0 amide bonds. The van der Waals surface area contributed by atoms with Gasteiger partial charge in [0.15, 0.2) is 6.29 Å². The summed E-state index contributed by atoms with van der Waals surface area (Å²) in [5, 5.41) is 1.61. The molecule has 1 atom stereocenters. The van der Waals surface area contributed by atoms with Crippen molar-refractivity contribution in [2.75, 3.05) is 48.1 Å². The second-order valence-electron chi connectivity index (χ2n) is 6.20. The van der Waals surface area contributed by atoms with Crippen LogP contribution in [0.3, 0.4) is 0 Å². The molecule has 8 nitrogen and oxygen atoms in total. The van der Waals surface area contributed by atoms with Crippen molar-refractivity contribution in [3.05, 3.63) is 53.6 Å². The highest BCUT2D eigenvalue weighted by Gasteiger charge is 2.21. The predicted molar refractivity (Wildman–Crippen MR) is 109 cm³/mol. The lowest BCUT2D eigenvalue weighted by Gasteiger charge is -2.32. The molecular weight excluding hydrogens is 382 g/mol. The van der Waals surface area contributed by atoms with Gasteiger partial charge in [0.2, 0.25) is 0 Å². The fourth-order valence-electron chi connectivity index (χ4n) is 3.15. The Balaban J connectivity index is 2.03. The number of benzene rings is 2. The van der Waals surface area contributed by atoms with E-state index in [2.05, 4.69) is 9.62 Å². The zero-order chi connectivity index (χ0) is 19.9. The van der Waals surface area contributed by atoms with Crippen LogP contribution in [-0.4, -0.2) is 48.5 Å². The zero-order valence-electron chi connectivity index (χ0n) is 15.5. The van der Waals surface area contributed by atoms with Crippen molar-refractivity contribution >= 4 is 34.6 Å². The van der Waals surface area contributed by atoms with Gasteiger partial charge in [-0.25, -0.2) is 9.27 Å². The Kier molecular flexibility index (Phi) is 6.99. The highest BCUT2D eigenvalue weighted by molar-refractivity contribution is 7.80. The Labute approximate surface area is 166 Å². The first-order valence-corrected chi connectivity index (χ1v) is 9.92. The molecule has 0 spiro atoms. The lowest BCUT2D eigenvalue weighted by Crippen LogP contribution is -2.37. The van der Waals surface area contributed by atoms with E-state index in [1.807, 2.05) is 30.3 Å². The highest BCUT2D eigenvalue weighted by Crippen LogP contribution is 2.35. The second kappa shape index (κ2) is 9.65. The minimum absolute atomic E-state index is 0.331. The van der Waals surface area contributed by atoms with Gasteiger partial charge in [0.1, 0.15) is 0 Å². The molecule has 2 aromatic rings. The smallest absolute Gasteiger partial charge is 0.259 e. The number of nitrogens with zero attached hydrogens (tertiary/aromatic N) is 2. The number of hydroxylamine groups is 1. The van der Waals surface area contributed by atoms with Crippen molar-refractivity contribution in [1.82, 2.24) is 0 Å². The van der Waals surface area contributed by atoms with Gasteiger partial charge in [-0.2, -0.15) is 0 Å². The van der Waals surface area contributed by atoms with Crippen LogP contribution in [0.25, 0.3) is 0 Å². The summed E-state index contributed by atoms with van der Waals surface area (Å²) in [6, 6.07) is 13.1. The van der Waals surface area contributed by atoms with Gasteiger partial charge in [0, 0.05) is 24.3 Å². The molecule has 0 radical (unpaired) electrons. The van der Waals surface area contributed by atoms with E-state index in [0.29, 0.717) is 49.8 Å². The molecule has 28 heavy (non-hydrogen) atoms. The van der Waals surface area contributed by atoms with E-state index in [1.54, 1.807) is 17.2 Å². The monoisotopic (exact) mass is 405 g/mol. The summed E-state index contributed by atoms with van der Waals surface area (Å²) in [6.07, 6.45) is 0.744. The molecule has 0 aliphatic carbocycles. The lowest BCUT2D eigenvalue weighted by atomic mass is 10.1.